The molecule has 9 heteroatoms. The van der Waals surface area contributed by atoms with E-state index in [1.54, 1.807) is 13.8 Å². The van der Waals surface area contributed by atoms with Crippen LogP contribution in [-0.4, -0.2) is 49.7 Å². The number of nitrogens with zero attached hydrogens (tertiary/aromatic N) is 4. The lowest BCUT2D eigenvalue weighted by atomic mass is 9.89. The van der Waals surface area contributed by atoms with E-state index in [0.29, 0.717) is 0 Å². The van der Waals surface area contributed by atoms with Crippen LogP contribution in [0.5, 0.6) is 0 Å². The summed E-state index contributed by atoms with van der Waals surface area (Å²) in [6.07, 6.45) is 2.29. The molecule has 0 radical (unpaired) electrons. The van der Waals surface area contributed by atoms with Gasteiger partial charge in [0.25, 0.3) is 0 Å². The highest BCUT2D eigenvalue weighted by Gasteiger charge is 2.45. The molecule has 1 N–H and O–H groups in total. The minimum Gasteiger partial charge on any atom is -0.481 e. The lowest BCUT2D eigenvalue weighted by molar-refractivity contribution is -0.385. The number of nitro groups is 1. The molecule has 2 atom stereocenters. The summed E-state index contributed by atoms with van der Waals surface area (Å²) in [5.41, 5.74) is -0.515. The van der Waals surface area contributed by atoms with Gasteiger partial charge < -0.3 is 10.0 Å². The molecule has 1 aliphatic rings. The van der Waals surface area contributed by atoms with Crippen LogP contribution in [0, 0.1) is 16.0 Å². The molecular formula is C18H20N4O5. The molecule has 142 valence electrons. The second-order valence-electron chi connectivity index (χ2n) is 7.13. The van der Waals surface area contributed by atoms with E-state index in [4.69, 9.17) is 0 Å². The van der Waals surface area contributed by atoms with Crippen molar-refractivity contribution in [3.63, 3.8) is 0 Å². The molecular weight excluding hydrogens is 352 g/mol. The highest BCUT2D eigenvalue weighted by atomic mass is 16.6. The van der Waals surface area contributed by atoms with Crippen molar-refractivity contribution in [3.8, 4) is 0 Å². The van der Waals surface area contributed by atoms with E-state index >= 15 is 0 Å². The molecule has 0 saturated carbocycles. The molecule has 0 bridgehead atoms. The molecule has 2 unspecified atom stereocenters. The molecule has 1 aromatic heterocycles. The number of rotatable bonds is 5. The van der Waals surface area contributed by atoms with Crippen molar-refractivity contribution >= 4 is 17.6 Å². The third-order valence-corrected chi connectivity index (χ3v) is 5.03. The molecule has 3 rings (SSSR count). The lowest BCUT2D eigenvalue weighted by Gasteiger charge is -2.29. The van der Waals surface area contributed by atoms with E-state index in [9.17, 15) is 24.8 Å². The third kappa shape index (κ3) is 3.40. The highest BCUT2D eigenvalue weighted by Crippen LogP contribution is 2.35. The fraction of sp³-hybridized carbons (Fsp3) is 0.389. The summed E-state index contributed by atoms with van der Waals surface area (Å²) in [6, 6.07) is 9.25. The van der Waals surface area contributed by atoms with Crippen LogP contribution in [0.2, 0.25) is 0 Å². The number of carbonyl (C=O) groups excluding carboxylic acids is 1. The molecule has 0 aliphatic carbocycles. The summed E-state index contributed by atoms with van der Waals surface area (Å²) in [5.74, 6) is -2.30. The summed E-state index contributed by atoms with van der Waals surface area (Å²) in [4.78, 5) is 36.6. The van der Waals surface area contributed by atoms with E-state index in [1.165, 1.54) is 15.8 Å². The Labute approximate surface area is 155 Å². The summed E-state index contributed by atoms with van der Waals surface area (Å²) >= 11 is 0. The number of hydrogen-bond acceptors (Lipinski definition) is 5. The van der Waals surface area contributed by atoms with Crippen molar-refractivity contribution in [1.82, 2.24) is 14.7 Å². The van der Waals surface area contributed by atoms with E-state index < -0.39 is 22.3 Å². The standard InChI is InChI=1S/C18H20N4O5/c1-18(2,21-9-13(8-19-21)22(26)27)17(25)20-10-14(15(11-20)16(23)24)12-6-4-3-5-7-12/h3-9,14-15H,10-11H2,1-2H3,(H,23,24). The second-order valence-corrected chi connectivity index (χ2v) is 7.13. The zero-order valence-corrected chi connectivity index (χ0v) is 15.0. The van der Waals surface area contributed by atoms with Gasteiger partial charge in [-0.05, 0) is 19.4 Å². The Balaban J connectivity index is 1.85. The van der Waals surface area contributed by atoms with Crippen LogP contribution in [0.3, 0.4) is 0 Å². The second kappa shape index (κ2) is 6.82. The number of carboxylic acids is 1. The van der Waals surface area contributed by atoms with Gasteiger partial charge in [-0.1, -0.05) is 30.3 Å². The van der Waals surface area contributed by atoms with Crippen LogP contribution in [-0.2, 0) is 15.1 Å². The quantitative estimate of drug-likeness (QED) is 0.632. The fourth-order valence-electron chi connectivity index (χ4n) is 3.46. The average molecular weight is 372 g/mol. The number of carboxylic acid groups (broad SMARTS) is 1. The van der Waals surface area contributed by atoms with E-state index in [-0.39, 0.29) is 30.6 Å². The number of aliphatic carboxylic acids is 1. The topological polar surface area (TPSA) is 119 Å². The Morgan fingerprint density at radius 1 is 1.26 bits per heavy atom. The van der Waals surface area contributed by atoms with Crippen molar-refractivity contribution in [2.24, 2.45) is 5.92 Å². The summed E-state index contributed by atoms with van der Waals surface area (Å²) in [5, 5.41) is 24.4. The SMILES string of the molecule is CC(C)(C(=O)N1CC(C(=O)O)C(c2ccccc2)C1)n1cc([N+](=O)[O-])cn1. The normalized spacial score (nSPS) is 19.9. The van der Waals surface area contributed by atoms with E-state index in [2.05, 4.69) is 5.10 Å². The van der Waals surface area contributed by atoms with Crippen molar-refractivity contribution < 1.29 is 19.6 Å². The summed E-state index contributed by atoms with van der Waals surface area (Å²) in [6.45, 7) is 3.57. The number of likely N-dealkylation sites (tertiary alicyclic amines) is 1. The fourth-order valence-corrected chi connectivity index (χ4v) is 3.46. The Hall–Kier alpha value is -3.23. The molecule has 1 amide bonds. The van der Waals surface area contributed by atoms with E-state index in [0.717, 1.165) is 11.8 Å². The maximum absolute atomic E-state index is 13.1. The van der Waals surface area contributed by atoms with Crippen LogP contribution in [0.15, 0.2) is 42.7 Å². The Morgan fingerprint density at radius 2 is 1.93 bits per heavy atom. The number of carbonyl (C=O) groups is 2. The Morgan fingerprint density at radius 3 is 2.48 bits per heavy atom. The van der Waals surface area contributed by atoms with Gasteiger partial charge in [0.2, 0.25) is 5.91 Å². The molecule has 9 nitrogen and oxygen atoms in total. The first-order valence-corrected chi connectivity index (χ1v) is 8.48. The highest BCUT2D eigenvalue weighted by molar-refractivity contribution is 5.85. The number of hydrogen-bond donors (Lipinski definition) is 1. The van der Waals surface area contributed by atoms with Gasteiger partial charge in [0.1, 0.15) is 17.9 Å². The van der Waals surface area contributed by atoms with Gasteiger partial charge in [-0.2, -0.15) is 5.10 Å². The molecule has 1 aliphatic heterocycles. The largest absolute Gasteiger partial charge is 0.481 e. The predicted molar refractivity (Wildman–Crippen MR) is 95.1 cm³/mol. The van der Waals surface area contributed by atoms with Crippen molar-refractivity contribution in [3.05, 3.63) is 58.4 Å². The molecule has 2 heterocycles. The first-order chi connectivity index (χ1) is 12.7. The van der Waals surface area contributed by atoms with Crippen LogP contribution in [0.1, 0.15) is 25.3 Å². The average Bonchev–Trinajstić information content (AvgIpc) is 3.29. The molecule has 1 saturated heterocycles. The molecule has 27 heavy (non-hydrogen) atoms. The number of aromatic nitrogens is 2. The Bertz CT molecular complexity index is 877. The maximum atomic E-state index is 13.1. The van der Waals surface area contributed by atoms with Crippen LogP contribution in [0.4, 0.5) is 5.69 Å². The first kappa shape index (κ1) is 18.6. The molecule has 1 fully saturated rings. The van der Waals surface area contributed by atoms with Crippen molar-refractivity contribution in [2.45, 2.75) is 25.3 Å². The van der Waals surface area contributed by atoms with Gasteiger partial charge in [-0.3, -0.25) is 24.4 Å². The molecule has 1 aromatic carbocycles. The predicted octanol–water partition coefficient (Wildman–Crippen LogP) is 1.85. The monoisotopic (exact) mass is 372 g/mol. The van der Waals surface area contributed by atoms with Gasteiger partial charge in [0.05, 0.1) is 10.8 Å². The zero-order valence-electron chi connectivity index (χ0n) is 15.0. The molecule has 0 spiro atoms. The van der Waals surface area contributed by atoms with Crippen molar-refractivity contribution in [2.75, 3.05) is 13.1 Å². The van der Waals surface area contributed by atoms with Crippen molar-refractivity contribution in [1.29, 1.82) is 0 Å². The van der Waals surface area contributed by atoms with Crippen LogP contribution < -0.4 is 0 Å². The van der Waals surface area contributed by atoms with Gasteiger partial charge >= 0.3 is 11.7 Å². The van der Waals surface area contributed by atoms with Crippen LogP contribution in [0.25, 0.3) is 0 Å². The van der Waals surface area contributed by atoms with E-state index in [1.807, 2.05) is 30.3 Å². The first-order valence-electron chi connectivity index (χ1n) is 8.48. The minimum atomic E-state index is -1.18. The maximum Gasteiger partial charge on any atom is 0.308 e. The number of benzene rings is 1. The summed E-state index contributed by atoms with van der Waals surface area (Å²) < 4.78 is 1.25. The molecule has 2 aromatic rings. The third-order valence-electron chi connectivity index (χ3n) is 5.03. The zero-order chi connectivity index (χ0) is 19.8. The minimum absolute atomic E-state index is 0.0838. The Kier molecular flexibility index (Phi) is 4.69. The van der Waals surface area contributed by atoms with Gasteiger partial charge in [-0.25, -0.2) is 0 Å². The van der Waals surface area contributed by atoms with Gasteiger partial charge in [0, 0.05) is 19.0 Å². The lowest BCUT2D eigenvalue weighted by Crippen LogP contribution is -2.46. The van der Waals surface area contributed by atoms with Gasteiger partial charge in [-0.15, -0.1) is 0 Å². The summed E-state index contributed by atoms with van der Waals surface area (Å²) in [7, 11) is 0. The van der Waals surface area contributed by atoms with Crippen LogP contribution >= 0.6 is 0 Å². The smallest absolute Gasteiger partial charge is 0.308 e. The number of amides is 1. The van der Waals surface area contributed by atoms with Gasteiger partial charge in [0.15, 0.2) is 0 Å².